The highest BCUT2D eigenvalue weighted by molar-refractivity contribution is 5.74. The van der Waals surface area contributed by atoms with Gasteiger partial charge in [0, 0.05) is 13.6 Å². The van der Waals surface area contributed by atoms with Crippen LogP contribution in [0, 0.1) is 5.82 Å². The minimum atomic E-state index is -0.545. The van der Waals surface area contributed by atoms with Crippen LogP contribution >= 0.6 is 0 Å². The molecule has 2 amide bonds. The third-order valence-electron chi connectivity index (χ3n) is 3.71. The largest absolute Gasteiger partial charge is 0.508 e. The fourth-order valence-electron chi connectivity index (χ4n) is 2.43. The number of urea groups is 1. The number of hydrogen-bond acceptors (Lipinski definition) is 3. The number of halogens is 1. The van der Waals surface area contributed by atoms with Gasteiger partial charge in [0.2, 0.25) is 0 Å². The van der Waals surface area contributed by atoms with Gasteiger partial charge in [0.1, 0.15) is 17.3 Å². The summed E-state index contributed by atoms with van der Waals surface area (Å²) >= 11 is 0. The van der Waals surface area contributed by atoms with Gasteiger partial charge < -0.3 is 20.1 Å². The number of benzene rings is 2. The van der Waals surface area contributed by atoms with Crippen molar-refractivity contribution >= 4 is 6.03 Å². The minimum absolute atomic E-state index is 0.172. The normalized spacial score (nSPS) is 11.7. The average molecular weight is 332 g/mol. The van der Waals surface area contributed by atoms with Gasteiger partial charge in [0.25, 0.3) is 0 Å². The minimum Gasteiger partial charge on any atom is -0.508 e. The van der Waals surface area contributed by atoms with E-state index < -0.39 is 11.9 Å². The molecule has 0 fully saturated rings. The van der Waals surface area contributed by atoms with E-state index in [1.54, 1.807) is 50.4 Å². The Kier molecular flexibility index (Phi) is 5.63. The molecule has 2 rings (SSSR count). The molecule has 0 aliphatic rings. The van der Waals surface area contributed by atoms with Gasteiger partial charge in [-0.1, -0.05) is 18.2 Å². The number of nitrogens with zero attached hydrogens (tertiary/aromatic N) is 1. The number of hydrogen-bond donors (Lipinski definition) is 2. The summed E-state index contributed by atoms with van der Waals surface area (Å²) in [5.74, 6) is 0.137. The molecule has 0 saturated heterocycles. The lowest BCUT2D eigenvalue weighted by atomic mass is 10.1. The van der Waals surface area contributed by atoms with E-state index in [0.29, 0.717) is 17.9 Å². The highest BCUT2D eigenvalue weighted by Gasteiger charge is 2.20. The molecule has 0 aliphatic heterocycles. The van der Waals surface area contributed by atoms with Crippen LogP contribution in [-0.4, -0.2) is 30.2 Å². The molecular formula is C18H21FN2O3. The Balaban J connectivity index is 2.04. The molecular weight excluding hydrogens is 311 g/mol. The molecule has 2 aromatic rings. The quantitative estimate of drug-likeness (QED) is 0.882. The topological polar surface area (TPSA) is 61.8 Å². The maximum Gasteiger partial charge on any atom is 0.317 e. The zero-order valence-electron chi connectivity index (χ0n) is 13.9. The van der Waals surface area contributed by atoms with Gasteiger partial charge in [-0.25, -0.2) is 9.18 Å². The summed E-state index contributed by atoms with van der Waals surface area (Å²) in [4.78, 5) is 13.8. The fraction of sp³-hybridized carbons (Fsp3) is 0.278. The Labute approximate surface area is 140 Å². The van der Waals surface area contributed by atoms with Gasteiger partial charge in [-0.2, -0.15) is 0 Å². The second-order valence-electron chi connectivity index (χ2n) is 5.55. The Morgan fingerprint density at radius 2 is 1.96 bits per heavy atom. The number of amides is 2. The van der Waals surface area contributed by atoms with E-state index in [0.717, 1.165) is 5.56 Å². The van der Waals surface area contributed by atoms with Crippen molar-refractivity contribution in [3.8, 4) is 11.5 Å². The zero-order chi connectivity index (χ0) is 17.7. The van der Waals surface area contributed by atoms with Crippen LogP contribution in [0.5, 0.6) is 11.5 Å². The van der Waals surface area contributed by atoms with Crippen LogP contribution in [0.25, 0.3) is 0 Å². The van der Waals surface area contributed by atoms with E-state index in [9.17, 15) is 14.3 Å². The first-order chi connectivity index (χ1) is 11.4. The van der Waals surface area contributed by atoms with Crippen LogP contribution in [0.4, 0.5) is 9.18 Å². The van der Waals surface area contributed by atoms with E-state index in [4.69, 9.17) is 4.74 Å². The number of carbonyl (C=O) groups excluding carboxylic acids is 1. The van der Waals surface area contributed by atoms with Crippen molar-refractivity contribution in [2.45, 2.75) is 19.5 Å². The number of nitrogens with one attached hydrogen (secondary N) is 1. The first-order valence-electron chi connectivity index (χ1n) is 7.54. The van der Waals surface area contributed by atoms with E-state index in [2.05, 4.69) is 5.32 Å². The maximum absolute atomic E-state index is 14.1. The summed E-state index contributed by atoms with van der Waals surface area (Å²) in [5, 5.41) is 12.0. The molecule has 128 valence electrons. The lowest BCUT2D eigenvalue weighted by molar-refractivity contribution is 0.203. The third-order valence-corrected chi connectivity index (χ3v) is 3.71. The molecule has 1 atom stereocenters. The van der Waals surface area contributed by atoms with Gasteiger partial charge >= 0.3 is 6.03 Å². The Hall–Kier alpha value is -2.76. The molecule has 0 unspecified atom stereocenters. The van der Waals surface area contributed by atoms with Gasteiger partial charge in [-0.3, -0.25) is 0 Å². The number of rotatable bonds is 5. The molecule has 0 radical (unpaired) electrons. The maximum atomic E-state index is 14.1. The number of ether oxygens (including phenoxy) is 1. The first-order valence-corrected chi connectivity index (χ1v) is 7.54. The average Bonchev–Trinajstić information content (AvgIpc) is 2.56. The summed E-state index contributed by atoms with van der Waals surface area (Å²) in [6.07, 6.45) is 0. The highest BCUT2D eigenvalue weighted by atomic mass is 19.1. The summed E-state index contributed by atoms with van der Waals surface area (Å²) in [5.41, 5.74) is 1.19. The van der Waals surface area contributed by atoms with Crippen LogP contribution in [0.2, 0.25) is 0 Å². The molecule has 0 bridgehead atoms. The molecule has 0 aliphatic carbocycles. The molecule has 24 heavy (non-hydrogen) atoms. The van der Waals surface area contributed by atoms with Gasteiger partial charge in [0.15, 0.2) is 0 Å². The van der Waals surface area contributed by atoms with E-state index in [1.807, 2.05) is 0 Å². The van der Waals surface area contributed by atoms with Crippen molar-refractivity contribution in [3.05, 3.63) is 59.4 Å². The molecule has 0 aromatic heterocycles. The molecule has 6 heteroatoms. The zero-order valence-corrected chi connectivity index (χ0v) is 13.9. The lowest BCUT2D eigenvalue weighted by Gasteiger charge is -2.23. The molecule has 5 nitrogen and oxygen atoms in total. The number of methoxy groups -OCH3 is 1. The van der Waals surface area contributed by atoms with E-state index in [-0.39, 0.29) is 11.8 Å². The standard InChI is InChI=1S/C18H21FN2O3/c1-12(17-15(19)5-4-6-16(17)24-3)20-18(23)21(2)11-13-7-9-14(22)10-8-13/h4-10,12,22H,11H2,1-3H3,(H,20,23)/t12-/m1/s1. The Bertz CT molecular complexity index is 704. The van der Waals surface area contributed by atoms with Crippen molar-refractivity contribution < 1.29 is 19.0 Å². The molecule has 0 spiro atoms. The SMILES string of the molecule is COc1cccc(F)c1[C@@H](C)NC(=O)N(C)Cc1ccc(O)cc1. The number of carbonyl (C=O) groups is 1. The summed E-state index contributed by atoms with van der Waals surface area (Å²) in [6.45, 7) is 2.07. The lowest BCUT2D eigenvalue weighted by Crippen LogP contribution is -2.38. The summed E-state index contributed by atoms with van der Waals surface area (Å²) in [6, 6.07) is 10.3. The number of phenols is 1. The van der Waals surface area contributed by atoms with Crippen molar-refractivity contribution in [2.24, 2.45) is 0 Å². The molecule has 0 saturated carbocycles. The first kappa shape index (κ1) is 17.6. The van der Waals surface area contributed by atoms with Crippen LogP contribution < -0.4 is 10.1 Å². The van der Waals surface area contributed by atoms with Crippen molar-refractivity contribution in [3.63, 3.8) is 0 Å². The van der Waals surface area contributed by atoms with Gasteiger partial charge in [0.05, 0.1) is 18.7 Å². The van der Waals surface area contributed by atoms with Crippen LogP contribution in [0.1, 0.15) is 24.1 Å². The van der Waals surface area contributed by atoms with Crippen LogP contribution in [0.3, 0.4) is 0 Å². The fourth-order valence-corrected chi connectivity index (χ4v) is 2.43. The number of aromatic hydroxyl groups is 1. The summed E-state index contributed by atoms with van der Waals surface area (Å²) in [7, 11) is 3.11. The second kappa shape index (κ2) is 7.68. The molecule has 2 N–H and O–H groups in total. The number of phenolic OH excluding ortho intramolecular Hbond substituents is 1. The van der Waals surface area contributed by atoms with Crippen LogP contribution in [0.15, 0.2) is 42.5 Å². The monoisotopic (exact) mass is 332 g/mol. The smallest absolute Gasteiger partial charge is 0.317 e. The highest BCUT2D eigenvalue weighted by Crippen LogP contribution is 2.27. The van der Waals surface area contributed by atoms with E-state index >= 15 is 0 Å². The molecule has 2 aromatic carbocycles. The second-order valence-corrected chi connectivity index (χ2v) is 5.55. The van der Waals surface area contributed by atoms with Crippen molar-refractivity contribution in [1.82, 2.24) is 10.2 Å². The third kappa shape index (κ3) is 4.16. The Morgan fingerprint density at radius 1 is 1.29 bits per heavy atom. The van der Waals surface area contributed by atoms with Gasteiger partial charge in [-0.05, 0) is 36.8 Å². The Morgan fingerprint density at radius 3 is 2.58 bits per heavy atom. The molecule has 0 heterocycles. The summed E-state index contributed by atoms with van der Waals surface area (Å²) < 4.78 is 19.2. The van der Waals surface area contributed by atoms with Crippen molar-refractivity contribution in [1.29, 1.82) is 0 Å². The van der Waals surface area contributed by atoms with Gasteiger partial charge in [-0.15, -0.1) is 0 Å². The predicted molar refractivity (Wildman–Crippen MR) is 89.5 cm³/mol. The van der Waals surface area contributed by atoms with E-state index in [1.165, 1.54) is 18.1 Å². The predicted octanol–water partition coefficient (Wildman–Crippen LogP) is 3.44. The van der Waals surface area contributed by atoms with Crippen molar-refractivity contribution in [2.75, 3.05) is 14.2 Å². The van der Waals surface area contributed by atoms with Crippen LogP contribution in [-0.2, 0) is 6.54 Å².